The molecule has 1 fully saturated rings. The van der Waals surface area contributed by atoms with E-state index in [1.807, 2.05) is 43.3 Å². The van der Waals surface area contributed by atoms with Gasteiger partial charge in [-0.1, -0.05) is 49.2 Å². The number of nitrogens with one attached hydrogen (secondary N) is 1. The van der Waals surface area contributed by atoms with Gasteiger partial charge in [-0.25, -0.2) is 0 Å². The van der Waals surface area contributed by atoms with Crippen molar-refractivity contribution in [2.24, 2.45) is 0 Å². The summed E-state index contributed by atoms with van der Waals surface area (Å²) in [6.07, 6.45) is 7.49. The highest BCUT2D eigenvalue weighted by atomic mass is 32.2. The van der Waals surface area contributed by atoms with Crippen LogP contribution in [0.5, 0.6) is 5.75 Å². The number of furan rings is 1. The number of carbonyl (C=O) groups is 1. The van der Waals surface area contributed by atoms with Crippen molar-refractivity contribution in [2.45, 2.75) is 56.3 Å². The molecule has 1 aliphatic carbocycles. The lowest BCUT2D eigenvalue weighted by Crippen LogP contribution is -2.28. The molecule has 3 aromatic rings. The molecule has 8 heteroatoms. The molecule has 1 N–H and O–H groups in total. The van der Waals surface area contributed by atoms with Crippen molar-refractivity contribution in [3.05, 3.63) is 48.2 Å². The molecule has 1 unspecified atom stereocenters. The monoisotopic (exact) mass is 440 g/mol. The normalized spacial score (nSPS) is 15.5. The van der Waals surface area contributed by atoms with Crippen LogP contribution in [0.25, 0.3) is 11.6 Å². The number of thioether (sulfide) groups is 1. The molecule has 31 heavy (non-hydrogen) atoms. The molecule has 0 bridgehead atoms. The van der Waals surface area contributed by atoms with Crippen LogP contribution in [0.3, 0.4) is 0 Å². The van der Waals surface area contributed by atoms with Crippen LogP contribution in [0, 0.1) is 0 Å². The Hall–Kier alpha value is -2.74. The number of benzene rings is 1. The van der Waals surface area contributed by atoms with Crippen molar-refractivity contribution in [3.63, 3.8) is 0 Å². The van der Waals surface area contributed by atoms with E-state index in [4.69, 9.17) is 9.15 Å². The first-order valence-electron chi connectivity index (χ1n) is 10.7. The van der Waals surface area contributed by atoms with Gasteiger partial charge in [0.15, 0.2) is 10.9 Å². The van der Waals surface area contributed by atoms with Gasteiger partial charge >= 0.3 is 0 Å². The van der Waals surface area contributed by atoms with Gasteiger partial charge in [0.1, 0.15) is 5.75 Å². The molecule has 1 atom stereocenters. The minimum absolute atomic E-state index is 0.0545. The van der Waals surface area contributed by atoms with Crippen molar-refractivity contribution < 1.29 is 13.9 Å². The molecule has 164 valence electrons. The maximum absolute atomic E-state index is 12.7. The van der Waals surface area contributed by atoms with Gasteiger partial charge in [-0.3, -0.25) is 9.36 Å². The van der Waals surface area contributed by atoms with Crippen molar-refractivity contribution >= 4 is 17.7 Å². The standard InChI is InChI=1S/C23H28N4O3S/c1-16(18-11-6-7-12-19(18)29-2)24-21(28)15-31-23-26-25-22(20-13-8-14-30-20)27(23)17-9-4-3-5-10-17/h6-8,11-14,16-17H,3-5,9-10,15H2,1-2H3,(H,24,28). The topological polar surface area (TPSA) is 82.2 Å². The van der Waals surface area contributed by atoms with Crippen molar-refractivity contribution in [3.8, 4) is 17.3 Å². The zero-order valence-electron chi connectivity index (χ0n) is 17.9. The summed E-state index contributed by atoms with van der Waals surface area (Å²) in [5.41, 5.74) is 0.953. The first-order chi connectivity index (χ1) is 15.2. The van der Waals surface area contributed by atoms with E-state index >= 15 is 0 Å². The van der Waals surface area contributed by atoms with Crippen LogP contribution in [0.2, 0.25) is 0 Å². The molecule has 1 aliphatic rings. The Balaban J connectivity index is 1.46. The Kier molecular flexibility index (Phi) is 6.96. The van der Waals surface area contributed by atoms with E-state index in [1.165, 1.54) is 31.0 Å². The van der Waals surface area contributed by atoms with Crippen molar-refractivity contribution in [1.29, 1.82) is 0 Å². The van der Waals surface area contributed by atoms with Crippen LogP contribution in [-0.2, 0) is 4.79 Å². The number of nitrogens with zero attached hydrogens (tertiary/aromatic N) is 3. The third-order valence-electron chi connectivity index (χ3n) is 5.66. The highest BCUT2D eigenvalue weighted by molar-refractivity contribution is 7.99. The molecule has 2 aromatic heterocycles. The second-order valence-electron chi connectivity index (χ2n) is 7.77. The minimum atomic E-state index is -0.154. The van der Waals surface area contributed by atoms with Crippen molar-refractivity contribution in [2.75, 3.05) is 12.9 Å². The second kappa shape index (κ2) is 10.0. The fourth-order valence-electron chi connectivity index (χ4n) is 4.13. The highest BCUT2D eigenvalue weighted by Crippen LogP contribution is 2.35. The maximum atomic E-state index is 12.7. The maximum Gasteiger partial charge on any atom is 0.230 e. The van der Waals surface area contributed by atoms with Gasteiger partial charge in [-0.05, 0) is 38.0 Å². The molecular formula is C23H28N4O3S. The number of para-hydroxylation sites is 1. The molecular weight excluding hydrogens is 412 g/mol. The molecule has 0 spiro atoms. The van der Waals surface area contributed by atoms with Gasteiger partial charge in [-0.15, -0.1) is 10.2 Å². The van der Waals surface area contributed by atoms with Gasteiger partial charge in [0.2, 0.25) is 11.7 Å². The SMILES string of the molecule is COc1ccccc1C(C)NC(=O)CSc1nnc(-c2ccco2)n1C1CCCCC1. The summed E-state index contributed by atoms with van der Waals surface area (Å²) in [6, 6.07) is 11.7. The molecule has 0 radical (unpaired) electrons. The molecule has 0 saturated heterocycles. The Morgan fingerprint density at radius 1 is 1.23 bits per heavy atom. The first kappa shape index (κ1) is 21.5. The number of hydrogen-bond acceptors (Lipinski definition) is 6. The fraction of sp³-hybridized carbons (Fsp3) is 0.435. The Morgan fingerprint density at radius 3 is 2.77 bits per heavy atom. The molecule has 7 nitrogen and oxygen atoms in total. The van der Waals surface area contributed by atoms with Gasteiger partial charge < -0.3 is 14.5 Å². The minimum Gasteiger partial charge on any atom is -0.496 e. The van der Waals surface area contributed by atoms with Crippen LogP contribution in [-0.4, -0.2) is 33.5 Å². The Bertz CT molecular complexity index is 996. The van der Waals surface area contributed by atoms with E-state index in [9.17, 15) is 4.79 Å². The lowest BCUT2D eigenvalue weighted by Gasteiger charge is -2.25. The Labute approximate surface area is 186 Å². The number of carbonyl (C=O) groups excluding carboxylic acids is 1. The second-order valence-corrected chi connectivity index (χ2v) is 8.71. The molecule has 1 saturated carbocycles. The molecule has 2 heterocycles. The smallest absolute Gasteiger partial charge is 0.230 e. The van der Waals surface area contributed by atoms with E-state index in [2.05, 4.69) is 20.1 Å². The van der Waals surface area contributed by atoms with E-state index < -0.39 is 0 Å². The van der Waals surface area contributed by atoms with E-state index in [0.717, 1.165) is 35.1 Å². The van der Waals surface area contributed by atoms with Gasteiger partial charge in [0.25, 0.3) is 0 Å². The summed E-state index contributed by atoms with van der Waals surface area (Å²) >= 11 is 1.42. The molecule has 1 aromatic carbocycles. The number of aromatic nitrogens is 3. The van der Waals surface area contributed by atoms with E-state index in [1.54, 1.807) is 13.4 Å². The Morgan fingerprint density at radius 2 is 2.03 bits per heavy atom. The fourth-order valence-corrected chi connectivity index (χ4v) is 4.95. The van der Waals surface area contributed by atoms with Crippen LogP contribution < -0.4 is 10.1 Å². The van der Waals surface area contributed by atoms with Crippen LogP contribution in [0.4, 0.5) is 0 Å². The number of ether oxygens (including phenoxy) is 1. The average Bonchev–Trinajstić information content (AvgIpc) is 3.48. The summed E-state index contributed by atoms with van der Waals surface area (Å²) in [7, 11) is 1.64. The average molecular weight is 441 g/mol. The van der Waals surface area contributed by atoms with E-state index in [0.29, 0.717) is 11.8 Å². The van der Waals surface area contributed by atoms with Gasteiger partial charge in [-0.2, -0.15) is 0 Å². The third-order valence-corrected chi connectivity index (χ3v) is 6.60. The first-order valence-corrected chi connectivity index (χ1v) is 11.7. The largest absolute Gasteiger partial charge is 0.496 e. The van der Waals surface area contributed by atoms with E-state index in [-0.39, 0.29) is 17.7 Å². The zero-order valence-corrected chi connectivity index (χ0v) is 18.7. The highest BCUT2D eigenvalue weighted by Gasteiger charge is 2.25. The quantitative estimate of drug-likeness (QED) is 0.495. The van der Waals surface area contributed by atoms with Crippen LogP contribution >= 0.6 is 11.8 Å². The van der Waals surface area contributed by atoms with Crippen LogP contribution in [0.15, 0.2) is 52.2 Å². The summed E-state index contributed by atoms with van der Waals surface area (Å²) in [4.78, 5) is 12.7. The predicted molar refractivity (Wildman–Crippen MR) is 120 cm³/mol. The number of hydrogen-bond donors (Lipinski definition) is 1. The predicted octanol–water partition coefficient (Wildman–Crippen LogP) is 5.02. The number of rotatable bonds is 8. The lowest BCUT2D eigenvalue weighted by atomic mass is 9.95. The van der Waals surface area contributed by atoms with Gasteiger partial charge in [0.05, 0.1) is 25.2 Å². The summed E-state index contributed by atoms with van der Waals surface area (Å²) in [5.74, 6) is 2.42. The van der Waals surface area contributed by atoms with Gasteiger partial charge in [0, 0.05) is 11.6 Å². The molecule has 1 amide bonds. The molecule has 0 aliphatic heterocycles. The summed E-state index contributed by atoms with van der Waals surface area (Å²) in [5, 5.41) is 12.6. The lowest BCUT2D eigenvalue weighted by molar-refractivity contribution is -0.119. The summed E-state index contributed by atoms with van der Waals surface area (Å²) in [6.45, 7) is 1.96. The summed E-state index contributed by atoms with van der Waals surface area (Å²) < 4.78 is 13.2. The van der Waals surface area contributed by atoms with Crippen molar-refractivity contribution in [1.82, 2.24) is 20.1 Å². The number of methoxy groups -OCH3 is 1. The third kappa shape index (κ3) is 4.95. The molecule has 4 rings (SSSR count). The zero-order chi connectivity index (χ0) is 21.6. The van der Waals surface area contributed by atoms with Crippen LogP contribution in [0.1, 0.15) is 56.7 Å². The number of amides is 1.